The van der Waals surface area contributed by atoms with Crippen molar-refractivity contribution in [3.63, 3.8) is 0 Å². The van der Waals surface area contributed by atoms with Crippen molar-refractivity contribution in [2.75, 3.05) is 27.4 Å². The molecule has 0 radical (unpaired) electrons. The van der Waals surface area contributed by atoms with Gasteiger partial charge in [-0.25, -0.2) is 0 Å². The molecule has 1 aliphatic heterocycles. The Morgan fingerprint density at radius 2 is 2.27 bits per heavy atom. The number of aliphatic hydroxyl groups is 1. The van der Waals surface area contributed by atoms with Crippen LogP contribution in [-0.2, 0) is 23.7 Å². The lowest BCUT2D eigenvalue weighted by Crippen LogP contribution is -2.33. The van der Waals surface area contributed by atoms with E-state index in [4.69, 9.17) is 14.2 Å². The summed E-state index contributed by atoms with van der Waals surface area (Å²) in [6.45, 7) is 0.557. The van der Waals surface area contributed by atoms with Gasteiger partial charge in [-0.15, -0.1) is 0 Å². The Morgan fingerprint density at radius 1 is 1.53 bits per heavy atom. The van der Waals surface area contributed by atoms with Gasteiger partial charge in [-0.05, 0) is 0 Å². The summed E-state index contributed by atoms with van der Waals surface area (Å²) in [5.74, 6) is -0.421. The monoisotopic (exact) mass is 220 g/mol. The lowest BCUT2D eigenvalue weighted by molar-refractivity contribution is -0.184. The number of esters is 1. The topological polar surface area (TPSA) is 74.2 Å². The zero-order valence-electron chi connectivity index (χ0n) is 8.84. The fourth-order valence-corrected chi connectivity index (χ4v) is 1.25. The molecule has 1 saturated heterocycles. The van der Waals surface area contributed by atoms with E-state index >= 15 is 0 Å². The largest absolute Gasteiger partial charge is 0.469 e. The molecule has 0 aromatic rings. The molecule has 1 N–H and O–H groups in total. The molecule has 0 saturated carbocycles. The molecular weight excluding hydrogens is 204 g/mol. The maximum Gasteiger partial charge on any atom is 0.310 e. The molecule has 0 spiro atoms. The molecule has 0 aromatic heterocycles. The summed E-state index contributed by atoms with van der Waals surface area (Å²) in [6, 6.07) is 0. The van der Waals surface area contributed by atoms with Crippen molar-refractivity contribution in [1.82, 2.24) is 0 Å². The van der Waals surface area contributed by atoms with Crippen molar-refractivity contribution in [3.05, 3.63) is 0 Å². The second-order valence-corrected chi connectivity index (χ2v) is 3.22. The zero-order chi connectivity index (χ0) is 11.3. The van der Waals surface area contributed by atoms with E-state index in [0.29, 0.717) is 6.61 Å². The van der Waals surface area contributed by atoms with Gasteiger partial charge in [0.25, 0.3) is 0 Å². The molecule has 1 heterocycles. The minimum Gasteiger partial charge on any atom is -0.469 e. The third-order valence-corrected chi connectivity index (χ3v) is 2.15. The van der Waals surface area contributed by atoms with Crippen LogP contribution in [0.3, 0.4) is 0 Å². The molecule has 15 heavy (non-hydrogen) atoms. The van der Waals surface area contributed by atoms with Crippen LogP contribution in [-0.4, -0.2) is 57.0 Å². The Kier molecular flexibility index (Phi) is 4.97. The molecular formula is C9H16O6. The van der Waals surface area contributed by atoms with Crippen LogP contribution in [0.15, 0.2) is 0 Å². The highest BCUT2D eigenvalue weighted by Gasteiger charge is 2.30. The van der Waals surface area contributed by atoms with E-state index < -0.39 is 24.5 Å². The van der Waals surface area contributed by atoms with Crippen LogP contribution in [0.4, 0.5) is 0 Å². The van der Waals surface area contributed by atoms with Crippen molar-refractivity contribution in [2.24, 2.45) is 0 Å². The van der Waals surface area contributed by atoms with Gasteiger partial charge in [-0.1, -0.05) is 0 Å². The summed E-state index contributed by atoms with van der Waals surface area (Å²) in [6.07, 6.45) is -1.82. The third-order valence-electron chi connectivity index (χ3n) is 2.15. The number of hydrogen-bond acceptors (Lipinski definition) is 6. The summed E-state index contributed by atoms with van der Waals surface area (Å²) in [5.41, 5.74) is 0. The van der Waals surface area contributed by atoms with Crippen LogP contribution in [0.2, 0.25) is 0 Å². The number of rotatable bonds is 5. The lowest BCUT2D eigenvalue weighted by Gasteiger charge is -2.20. The van der Waals surface area contributed by atoms with Gasteiger partial charge in [-0.3, -0.25) is 4.79 Å². The number of ether oxygens (including phenoxy) is 4. The Balaban J connectivity index is 2.35. The molecule has 3 atom stereocenters. The highest BCUT2D eigenvalue weighted by Crippen LogP contribution is 2.14. The molecule has 6 heteroatoms. The van der Waals surface area contributed by atoms with Gasteiger partial charge in [0.1, 0.15) is 12.2 Å². The normalized spacial score (nSPS) is 27.7. The first-order valence-corrected chi connectivity index (χ1v) is 4.68. The van der Waals surface area contributed by atoms with Crippen LogP contribution >= 0.6 is 0 Å². The molecule has 88 valence electrons. The number of aliphatic hydroxyl groups excluding tert-OH is 1. The Hall–Kier alpha value is -0.690. The zero-order valence-corrected chi connectivity index (χ0v) is 8.84. The average molecular weight is 220 g/mol. The standard InChI is InChI=1S/C9H16O6/c1-12-8(11)3-9(13-2)15-7-5-14-4-6(7)10/h6-7,9-10H,3-5H2,1-2H3. The molecule has 0 aromatic carbocycles. The van der Waals surface area contributed by atoms with Crippen molar-refractivity contribution in [2.45, 2.75) is 24.9 Å². The van der Waals surface area contributed by atoms with Gasteiger partial charge >= 0.3 is 5.97 Å². The first kappa shape index (κ1) is 12.4. The maximum absolute atomic E-state index is 11.0. The average Bonchev–Trinajstić information content (AvgIpc) is 2.63. The van der Waals surface area contributed by atoms with E-state index in [1.54, 1.807) is 0 Å². The molecule has 1 aliphatic rings. The van der Waals surface area contributed by atoms with Crippen molar-refractivity contribution >= 4 is 5.97 Å². The van der Waals surface area contributed by atoms with E-state index in [0.717, 1.165) is 0 Å². The van der Waals surface area contributed by atoms with Gasteiger partial charge in [0.2, 0.25) is 0 Å². The van der Waals surface area contributed by atoms with Crippen molar-refractivity contribution < 1.29 is 28.8 Å². The minimum atomic E-state index is -0.709. The smallest absolute Gasteiger partial charge is 0.310 e. The van der Waals surface area contributed by atoms with Crippen LogP contribution < -0.4 is 0 Å². The summed E-state index contributed by atoms with van der Waals surface area (Å²) >= 11 is 0. The predicted octanol–water partition coefficient (Wildman–Crippen LogP) is -0.702. The van der Waals surface area contributed by atoms with E-state index in [1.807, 2.05) is 0 Å². The summed E-state index contributed by atoms with van der Waals surface area (Å²) in [7, 11) is 2.72. The van der Waals surface area contributed by atoms with Crippen LogP contribution in [0.1, 0.15) is 6.42 Å². The SMILES string of the molecule is COC(=O)CC(OC)OC1COCC1O. The highest BCUT2D eigenvalue weighted by molar-refractivity contribution is 5.69. The quantitative estimate of drug-likeness (QED) is 0.487. The predicted molar refractivity (Wildman–Crippen MR) is 49.1 cm³/mol. The van der Waals surface area contributed by atoms with Gasteiger partial charge in [0, 0.05) is 7.11 Å². The molecule has 0 aliphatic carbocycles. The molecule has 6 nitrogen and oxygen atoms in total. The second kappa shape index (κ2) is 6.02. The van der Waals surface area contributed by atoms with E-state index in [9.17, 15) is 9.90 Å². The van der Waals surface area contributed by atoms with Crippen molar-refractivity contribution in [1.29, 1.82) is 0 Å². The fraction of sp³-hybridized carbons (Fsp3) is 0.889. The summed E-state index contributed by atoms with van der Waals surface area (Å²) in [5, 5.41) is 9.40. The summed E-state index contributed by atoms with van der Waals surface area (Å²) < 4.78 is 19.8. The van der Waals surface area contributed by atoms with Gasteiger partial charge in [0.05, 0.1) is 26.7 Å². The first-order valence-electron chi connectivity index (χ1n) is 4.68. The Morgan fingerprint density at radius 3 is 2.73 bits per heavy atom. The van der Waals surface area contributed by atoms with E-state index in [2.05, 4.69) is 4.74 Å². The first-order chi connectivity index (χ1) is 7.17. The Labute approximate surface area is 88.1 Å². The number of methoxy groups -OCH3 is 2. The van der Waals surface area contributed by atoms with Crippen molar-refractivity contribution in [3.8, 4) is 0 Å². The number of carbonyl (C=O) groups excluding carboxylic acids is 1. The summed E-state index contributed by atoms with van der Waals surface area (Å²) in [4.78, 5) is 11.0. The van der Waals surface area contributed by atoms with Gasteiger partial charge < -0.3 is 24.1 Å². The second-order valence-electron chi connectivity index (χ2n) is 3.22. The van der Waals surface area contributed by atoms with Gasteiger partial charge in [-0.2, -0.15) is 0 Å². The number of hydrogen-bond donors (Lipinski definition) is 1. The molecule has 0 amide bonds. The highest BCUT2D eigenvalue weighted by atomic mass is 16.7. The van der Waals surface area contributed by atoms with E-state index in [1.165, 1.54) is 14.2 Å². The number of carbonyl (C=O) groups is 1. The third kappa shape index (κ3) is 3.75. The van der Waals surface area contributed by atoms with Crippen LogP contribution in [0, 0.1) is 0 Å². The lowest BCUT2D eigenvalue weighted by atomic mass is 10.2. The fourth-order valence-electron chi connectivity index (χ4n) is 1.25. The molecule has 1 rings (SSSR count). The molecule has 1 fully saturated rings. The van der Waals surface area contributed by atoms with Crippen LogP contribution in [0.25, 0.3) is 0 Å². The molecule has 0 bridgehead atoms. The molecule has 3 unspecified atom stereocenters. The maximum atomic E-state index is 11.0. The van der Waals surface area contributed by atoms with E-state index in [-0.39, 0.29) is 13.0 Å². The van der Waals surface area contributed by atoms with Gasteiger partial charge in [0.15, 0.2) is 6.29 Å². The Bertz CT molecular complexity index is 207. The minimum absolute atomic E-state index is 0.00375. The van der Waals surface area contributed by atoms with Crippen LogP contribution in [0.5, 0.6) is 0 Å².